The van der Waals surface area contributed by atoms with Crippen molar-refractivity contribution in [3.63, 3.8) is 0 Å². The van der Waals surface area contributed by atoms with E-state index in [2.05, 4.69) is 10.1 Å². The number of piperazine rings is 1. The van der Waals surface area contributed by atoms with Crippen molar-refractivity contribution in [1.29, 1.82) is 0 Å². The molecule has 1 saturated heterocycles. The van der Waals surface area contributed by atoms with Gasteiger partial charge in [-0.05, 0) is 42.9 Å². The van der Waals surface area contributed by atoms with Gasteiger partial charge in [0.15, 0.2) is 5.82 Å². The SMILES string of the molecule is CN1CCN(S(=O)(=O)c2ccc(/C(=C\n3cnc(-c4cc(C(F)(F)F)cc(C(F)(F)F)c4)n3)C(N)=O)cc2)CC1. The van der Waals surface area contributed by atoms with Crippen molar-refractivity contribution in [1.82, 2.24) is 24.0 Å². The summed E-state index contributed by atoms with van der Waals surface area (Å²) in [5, 5.41) is 3.88. The van der Waals surface area contributed by atoms with Crippen LogP contribution in [0.2, 0.25) is 0 Å². The Balaban J connectivity index is 1.64. The minimum absolute atomic E-state index is 0.00215. The van der Waals surface area contributed by atoms with E-state index in [1.807, 2.05) is 11.9 Å². The molecular formula is C24H22F6N6O3S. The molecule has 4 rings (SSSR count). The highest BCUT2D eigenvalue weighted by Crippen LogP contribution is 2.38. The predicted molar refractivity (Wildman–Crippen MR) is 132 cm³/mol. The standard InChI is InChI=1S/C24H22F6N6O3S/c1-34-6-8-36(9-7-34)40(38,39)19-4-2-15(3-5-19)20(21(31)37)13-35-14-32-22(33-35)16-10-17(23(25,26)27)12-18(11-16)24(28,29)30/h2-5,10-14H,6-9H2,1H3,(H2,31,37)/b20-13+. The van der Waals surface area contributed by atoms with Crippen molar-refractivity contribution in [2.45, 2.75) is 17.2 Å². The summed E-state index contributed by atoms with van der Waals surface area (Å²) in [7, 11) is -1.90. The first-order valence-electron chi connectivity index (χ1n) is 11.6. The fourth-order valence-electron chi connectivity index (χ4n) is 3.95. The molecule has 1 fully saturated rings. The highest BCUT2D eigenvalue weighted by atomic mass is 32.2. The zero-order valence-corrected chi connectivity index (χ0v) is 21.6. The summed E-state index contributed by atoms with van der Waals surface area (Å²) in [5.74, 6) is -1.42. The highest BCUT2D eigenvalue weighted by Gasteiger charge is 2.37. The maximum absolute atomic E-state index is 13.2. The van der Waals surface area contributed by atoms with Crippen LogP contribution in [-0.4, -0.2) is 71.5 Å². The van der Waals surface area contributed by atoms with E-state index in [1.54, 1.807) is 0 Å². The van der Waals surface area contributed by atoms with Crippen LogP contribution >= 0.6 is 0 Å². The first kappa shape index (κ1) is 29.2. The molecule has 0 bridgehead atoms. The molecule has 0 spiro atoms. The molecule has 0 atom stereocenters. The number of benzene rings is 2. The third-order valence-electron chi connectivity index (χ3n) is 6.15. The maximum Gasteiger partial charge on any atom is 0.416 e. The number of nitrogens with two attached hydrogens (primary N) is 1. The molecule has 1 amide bonds. The Hall–Kier alpha value is -3.76. The molecule has 0 radical (unpaired) electrons. The van der Waals surface area contributed by atoms with Crippen LogP contribution in [0, 0.1) is 0 Å². The van der Waals surface area contributed by atoms with Gasteiger partial charge in [-0.25, -0.2) is 18.1 Å². The van der Waals surface area contributed by atoms with Gasteiger partial charge in [0.1, 0.15) is 6.33 Å². The first-order chi connectivity index (χ1) is 18.6. The van der Waals surface area contributed by atoms with Gasteiger partial charge in [0, 0.05) is 37.9 Å². The Kier molecular flexibility index (Phi) is 7.79. The molecular weight excluding hydrogens is 566 g/mol. The second kappa shape index (κ2) is 10.7. The van der Waals surface area contributed by atoms with Crippen LogP contribution in [-0.2, 0) is 27.2 Å². The number of amides is 1. The molecule has 1 aromatic heterocycles. The third kappa shape index (κ3) is 6.34. The van der Waals surface area contributed by atoms with Gasteiger partial charge >= 0.3 is 12.4 Å². The minimum Gasteiger partial charge on any atom is -0.366 e. The van der Waals surface area contributed by atoms with Gasteiger partial charge in [-0.2, -0.15) is 30.6 Å². The van der Waals surface area contributed by atoms with Gasteiger partial charge in [-0.1, -0.05) is 12.1 Å². The van der Waals surface area contributed by atoms with E-state index in [4.69, 9.17) is 5.73 Å². The van der Waals surface area contributed by atoms with Crippen molar-refractivity contribution in [3.05, 3.63) is 65.5 Å². The molecule has 40 heavy (non-hydrogen) atoms. The van der Waals surface area contributed by atoms with Crippen molar-refractivity contribution in [2.75, 3.05) is 33.2 Å². The van der Waals surface area contributed by atoms with Crippen LogP contribution in [0.4, 0.5) is 26.3 Å². The number of sulfonamides is 1. The number of aromatic nitrogens is 3. The van der Waals surface area contributed by atoms with Gasteiger partial charge in [0.05, 0.1) is 21.6 Å². The minimum atomic E-state index is -5.05. The van der Waals surface area contributed by atoms with E-state index < -0.39 is 50.8 Å². The van der Waals surface area contributed by atoms with Crippen LogP contribution in [0.5, 0.6) is 0 Å². The van der Waals surface area contributed by atoms with Gasteiger partial charge in [0.2, 0.25) is 10.0 Å². The molecule has 214 valence electrons. The van der Waals surface area contributed by atoms with E-state index >= 15 is 0 Å². The summed E-state index contributed by atoms with van der Waals surface area (Å²) < 4.78 is 107. The third-order valence-corrected chi connectivity index (χ3v) is 8.06. The lowest BCUT2D eigenvalue weighted by molar-refractivity contribution is -0.143. The summed E-state index contributed by atoms with van der Waals surface area (Å²) in [6, 6.07) is 6.24. The van der Waals surface area contributed by atoms with E-state index in [-0.39, 0.29) is 22.1 Å². The summed E-state index contributed by atoms with van der Waals surface area (Å²) in [6.07, 6.45) is -8.07. The van der Waals surface area contributed by atoms with Gasteiger partial charge in [-0.15, -0.1) is 5.10 Å². The molecule has 2 heterocycles. The number of likely N-dealkylation sites (N-methyl/N-ethyl adjacent to an activating group) is 1. The number of primary amides is 1. The van der Waals surface area contributed by atoms with Gasteiger partial charge in [0.25, 0.3) is 5.91 Å². The lowest BCUT2D eigenvalue weighted by atomic mass is 10.0. The number of halogens is 6. The molecule has 9 nitrogen and oxygen atoms in total. The zero-order valence-electron chi connectivity index (χ0n) is 20.7. The van der Waals surface area contributed by atoms with Crippen LogP contribution in [0.1, 0.15) is 16.7 Å². The summed E-state index contributed by atoms with van der Waals surface area (Å²) in [5.41, 5.74) is 1.89. The second-order valence-corrected chi connectivity index (χ2v) is 10.9. The average Bonchev–Trinajstić information content (AvgIpc) is 3.35. The monoisotopic (exact) mass is 588 g/mol. The van der Waals surface area contributed by atoms with Gasteiger partial charge in [-0.3, -0.25) is 4.79 Å². The molecule has 1 aliphatic rings. The highest BCUT2D eigenvalue weighted by molar-refractivity contribution is 7.89. The van der Waals surface area contributed by atoms with Crippen LogP contribution in [0.3, 0.4) is 0 Å². The molecule has 0 unspecified atom stereocenters. The Morgan fingerprint density at radius 3 is 1.98 bits per heavy atom. The molecule has 2 N–H and O–H groups in total. The lowest BCUT2D eigenvalue weighted by Crippen LogP contribution is -2.46. The number of alkyl halides is 6. The molecule has 2 aromatic carbocycles. The summed E-state index contributed by atoms with van der Waals surface area (Å²) in [4.78, 5) is 17.9. The van der Waals surface area contributed by atoms with Crippen molar-refractivity contribution < 1.29 is 39.6 Å². The Morgan fingerprint density at radius 2 is 1.48 bits per heavy atom. The normalized spacial score (nSPS) is 16.3. The first-order valence-corrected chi connectivity index (χ1v) is 13.0. The van der Waals surface area contributed by atoms with E-state index in [9.17, 15) is 39.6 Å². The number of hydrogen-bond acceptors (Lipinski definition) is 6. The Labute approximate surface area is 224 Å². The fraction of sp³-hybridized carbons (Fsp3) is 0.292. The maximum atomic E-state index is 13.2. The Morgan fingerprint density at radius 1 is 0.925 bits per heavy atom. The summed E-state index contributed by atoms with van der Waals surface area (Å²) in [6.45, 7) is 1.78. The molecule has 1 aliphatic heterocycles. The van der Waals surface area contributed by atoms with Crippen LogP contribution < -0.4 is 5.73 Å². The number of rotatable bonds is 6. The Bertz CT molecular complexity index is 1510. The number of carbonyl (C=O) groups excluding carboxylic acids is 1. The molecule has 16 heteroatoms. The quantitative estimate of drug-likeness (QED) is 0.349. The number of nitrogens with zero attached hydrogens (tertiary/aromatic N) is 5. The van der Waals surface area contributed by atoms with Gasteiger partial charge < -0.3 is 10.6 Å². The van der Waals surface area contributed by atoms with Crippen LogP contribution in [0.25, 0.3) is 23.2 Å². The second-order valence-electron chi connectivity index (χ2n) is 8.98. The zero-order chi connectivity index (χ0) is 29.5. The number of carbonyl (C=O) groups is 1. The average molecular weight is 589 g/mol. The van der Waals surface area contributed by atoms with Crippen LogP contribution in [0.15, 0.2) is 53.7 Å². The van der Waals surface area contributed by atoms with E-state index in [0.29, 0.717) is 38.3 Å². The van der Waals surface area contributed by atoms with Crippen molar-refractivity contribution in [3.8, 4) is 11.4 Å². The smallest absolute Gasteiger partial charge is 0.366 e. The molecule has 0 aliphatic carbocycles. The van der Waals surface area contributed by atoms with Crippen molar-refractivity contribution in [2.24, 2.45) is 5.73 Å². The largest absolute Gasteiger partial charge is 0.416 e. The lowest BCUT2D eigenvalue weighted by Gasteiger charge is -2.31. The molecule has 3 aromatic rings. The van der Waals surface area contributed by atoms with Crippen molar-refractivity contribution >= 4 is 27.7 Å². The predicted octanol–water partition coefficient (Wildman–Crippen LogP) is 3.40. The topological polar surface area (TPSA) is 114 Å². The van der Waals surface area contributed by atoms with E-state index in [1.165, 1.54) is 28.6 Å². The number of hydrogen-bond donors (Lipinski definition) is 1. The van der Waals surface area contributed by atoms with E-state index in [0.717, 1.165) is 17.2 Å². The summed E-state index contributed by atoms with van der Waals surface area (Å²) >= 11 is 0. The fourth-order valence-corrected chi connectivity index (χ4v) is 5.37. The molecule has 0 saturated carbocycles.